The molecule has 20 heavy (non-hydrogen) atoms. The van der Waals surface area contributed by atoms with E-state index in [1.54, 1.807) is 0 Å². The standard InChI is InChI=1S/C14H23N3O2S/c1-10(2)13-6-12(8-15)7-14(16-13)17-4-5-20(18,19)9-11(17)3/h6-7,10-11H,4-5,8-9,15H2,1-3H3. The van der Waals surface area contributed by atoms with Crippen molar-refractivity contribution < 1.29 is 8.42 Å². The van der Waals surface area contributed by atoms with E-state index in [0.29, 0.717) is 19.0 Å². The van der Waals surface area contributed by atoms with Crippen molar-refractivity contribution in [3.8, 4) is 0 Å². The third kappa shape index (κ3) is 3.30. The van der Waals surface area contributed by atoms with Crippen LogP contribution in [0, 0.1) is 0 Å². The average molecular weight is 297 g/mol. The first-order valence-electron chi connectivity index (χ1n) is 7.00. The van der Waals surface area contributed by atoms with Gasteiger partial charge in [0.1, 0.15) is 5.82 Å². The zero-order chi connectivity index (χ0) is 14.9. The first-order chi connectivity index (χ1) is 9.32. The smallest absolute Gasteiger partial charge is 0.154 e. The van der Waals surface area contributed by atoms with Gasteiger partial charge < -0.3 is 10.6 Å². The summed E-state index contributed by atoms with van der Waals surface area (Å²) in [6.45, 7) is 7.09. The van der Waals surface area contributed by atoms with Gasteiger partial charge in [-0.3, -0.25) is 0 Å². The first kappa shape index (κ1) is 15.3. The molecule has 2 heterocycles. The Kier molecular flexibility index (Phi) is 4.34. The molecule has 0 bridgehead atoms. The first-order valence-corrected chi connectivity index (χ1v) is 8.82. The van der Waals surface area contributed by atoms with Crippen LogP contribution < -0.4 is 10.6 Å². The van der Waals surface area contributed by atoms with Crippen LogP contribution in [0.1, 0.15) is 37.9 Å². The minimum Gasteiger partial charge on any atom is -0.352 e. The van der Waals surface area contributed by atoms with Crippen molar-refractivity contribution in [1.29, 1.82) is 0 Å². The number of hydrogen-bond donors (Lipinski definition) is 1. The molecule has 0 aromatic carbocycles. The fraction of sp³-hybridized carbons (Fsp3) is 0.643. The fourth-order valence-electron chi connectivity index (χ4n) is 2.49. The maximum absolute atomic E-state index is 11.7. The summed E-state index contributed by atoms with van der Waals surface area (Å²) >= 11 is 0. The van der Waals surface area contributed by atoms with Crippen molar-refractivity contribution in [1.82, 2.24) is 4.98 Å². The van der Waals surface area contributed by atoms with E-state index in [1.165, 1.54) is 0 Å². The summed E-state index contributed by atoms with van der Waals surface area (Å²) in [6, 6.07) is 3.95. The molecular formula is C14H23N3O2S. The Bertz CT molecular complexity index is 584. The molecule has 1 aromatic heterocycles. The van der Waals surface area contributed by atoms with E-state index in [4.69, 9.17) is 5.73 Å². The third-order valence-electron chi connectivity index (χ3n) is 3.68. The highest BCUT2D eigenvalue weighted by atomic mass is 32.2. The molecule has 1 unspecified atom stereocenters. The van der Waals surface area contributed by atoms with Crippen LogP contribution in [-0.2, 0) is 16.4 Å². The zero-order valence-corrected chi connectivity index (χ0v) is 13.2. The quantitative estimate of drug-likeness (QED) is 0.909. The van der Waals surface area contributed by atoms with Crippen LogP contribution in [0.15, 0.2) is 12.1 Å². The summed E-state index contributed by atoms with van der Waals surface area (Å²) in [6.07, 6.45) is 0. The molecule has 5 nitrogen and oxygen atoms in total. The molecule has 112 valence electrons. The largest absolute Gasteiger partial charge is 0.352 e. The van der Waals surface area contributed by atoms with E-state index in [2.05, 4.69) is 23.7 Å². The summed E-state index contributed by atoms with van der Waals surface area (Å²) < 4.78 is 23.3. The third-order valence-corrected chi connectivity index (χ3v) is 5.48. The SMILES string of the molecule is CC(C)c1cc(CN)cc(N2CCS(=O)(=O)CC2C)n1. The van der Waals surface area contributed by atoms with E-state index < -0.39 is 9.84 Å². The Morgan fingerprint density at radius 1 is 1.45 bits per heavy atom. The van der Waals surface area contributed by atoms with Gasteiger partial charge in [0.2, 0.25) is 0 Å². The summed E-state index contributed by atoms with van der Waals surface area (Å²) in [5.41, 5.74) is 7.80. The van der Waals surface area contributed by atoms with E-state index >= 15 is 0 Å². The van der Waals surface area contributed by atoms with Crippen molar-refractivity contribution in [2.24, 2.45) is 5.73 Å². The fourth-order valence-corrected chi connectivity index (χ4v) is 4.05. The molecule has 1 aromatic rings. The summed E-state index contributed by atoms with van der Waals surface area (Å²) in [5.74, 6) is 1.56. The molecule has 0 aliphatic carbocycles. The maximum Gasteiger partial charge on any atom is 0.154 e. The molecule has 0 spiro atoms. The van der Waals surface area contributed by atoms with Crippen molar-refractivity contribution in [3.05, 3.63) is 23.4 Å². The van der Waals surface area contributed by atoms with Crippen molar-refractivity contribution in [2.45, 2.75) is 39.3 Å². The Balaban J connectivity index is 2.35. The molecule has 1 fully saturated rings. The molecule has 1 atom stereocenters. The number of aromatic nitrogens is 1. The van der Waals surface area contributed by atoms with E-state index in [9.17, 15) is 8.42 Å². The second-order valence-corrected chi connectivity index (χ2v) is 8.00. The molecule has 6 heteroatoms. The predicted molar refractivity (Wildman–Crippen MR) is 81.7 cm³/mol. The minimum atomic E-state index is -2.91. The predicted octanol–water partition coefficient (Wildman–Crippen LogP) is 1.29. The molecule has 0 amide bonds. The number of sulfone groups is 1. The molecule has 2 N–H and O–H groups in total. The second-order valence-electron chi connectivity index (χ2n) is 5.77. The molecule has 1 aliphatic rings. The number of hydrogen-bond acceptors (Lipinski definition) is 5. The van der Waals surface area contributed by atoms with Gasteiger partial charge in [-0.15, -0.1) is 0 Å². The van der Waals surface area contributed by atoms with Gasteiger partial charge in [-0.2, -0.15) is 0 Å². The highest BCUT2D eigenvalue weighted by molar-refractivity contribution is 7.91. The van der Waals surface area contributed by atoms with Gasteiger partial charge in [-0.05, 0) is 30.5 Å². The maximum atomic E-state index is 11.7. The molecular weight excluding hydrogens is 274 g/mol. The number of nitrogens with zero attached hydrogens (tertiary/aromatic N) is 2. The van der Waals surface area contributed by atoms with Crippen LogP contribution in [0.5, 0.6) is 0 Å². The molecule has 0 radical (unpaired) electrons. The number of anilines is 1. The lowest BCUT2D eigenvalue weighted by Gasteiger charge is -2.34. The van der Waals surface area contributed by atoms with Crippen LogP contribution in [0.3, 0.4) is 0 Å². The van der Waals surface area contributed by atoms with Gasteiger partial charge in [0.25, 0.3) is 0 Å². The van der Waals surface area contributed by atoms with Crippen molar-refractivity contribution in [2.75, 3.05) is 23.0 Å². The molecule has 1 saturated heterocycles. The lowest BCUT2D eigenvalue weighted by molar-refractivity contribution is 0.566. The number of nitrogens with two attached hydrogens (primary N) is 1. The Morgan fingerprint density at radius 2 is 2.15 bits per heavy atom. The van der Waals surface area contributed by atoms with Gasteiger partial charge in [-0.25, -0.2) is 13.4 Å². The van der Waals surface area contributed by atoms with Gasteiger partial charge in [0.15, 0.2) is 9.84 Å². The Hall–Kier alpha value is -1.14. The zero-order valence-electron chi connectivity index (χ0n) is 12.3. The Morgan fingerprint density at radius 3 is 2.70 bits per heavy atom. The summed E-state index contributed by atoms with van der Waals surface area (Å²) in [7, 11) is -2.91. The second kappa shape index (κ2) is 5.69. The van der Waals surface area contributed by atoms with Crippen LogP contribution in [0.25, 0.3) is 0 Å². The highest BCUT2D eigenvalue weighted by Crippen LogP contribution is 2.24. The molecule has 0 saturated carbocycles. The van der Waals surface area contributed by atoms with Crippen LogP contribution >= 0.6 is 0 Å². The average Bonchev–Trinajstić information content (AvgIpc) is 2.37. The normalized spacial score (nSPS) is 22.2. The van der Waals surface area contributed by atoms with Gasteiger partial charge >= 0.3 is 0 Å². The summed E-state index contributed by atoms with van der Waals surface area (Å²) in [5, 5.41) is 0. The van der Waals surface area contributed by atoms with Gasteiger partial charge in [0.05, 0.1) is 11.5 Å². The monoisotopic (exact) mass is 297 g/mol. The van der Waals surface area contributed by atoms with Crippen LogP contribution in [0.4, 0.5) is 5.82 Å². The lowest BCUT2D eigenvalue weighted by atomic mass is 10.1. The Labute approximate surface area is 121 Å². The van der Waals surface area contributed by atoms with Crippen molar-refractivity contribution in [3.63, 3.8) is 0 Å². The van der Waals surface area contributed by atoms with Gasteiger partial charge in [0, 0.05) is 24.8 Å². The van der Waals surface area contributed by atoms with Crippen molar-refractivity contribution >= 4 is 15.7 Å². The number of rotatable bonds is 3. The number of pyridine rings is 1. The van der Waals surface area contributed by atoms with Crippen LogP contribution in [-0.4, -0.2) is 37.5 Å². The van der Waals surface area contributed by atoms with E-state index in [-0.39, 0.29) is 17.5 Å². The summed E-state index contributed by atoms with van der Waals surface area (Å²) in [4.78, 5) is 6.75. The topological polar surface area (TPSA) is 76.3 Å². The van der Waals surface area contributed by atoms with Crippen LogP contribution in [0.2, 0.25) is 0 Å². The van der Waals surface area contributed by atoms with E-state index in [0.717, 1.165) is 17.1 Å². The lowest BCUT2D eigenvalue weighted by Crippen LogP contribution is -2.47. The highest BCUT2D eigenvalue weighted by Gasteiger charge is 2.29. The van der Waals surface area contributed by atoms with E-state index in [1.807, 2.05) is 19.1 Å². The van der Waals surface area contributed by atoms with Gasteiger partial charge in [-0.1, -0.05) is 13.8 Å². The molecule has 1 aliphatic heterocycles. The minimum absolute atomic E-state index is 0.0470. The molecule has 2 rings (SSSR count).